The van der Waals surface area contributed by atoms with Gasteiger partial charge in [0.15, 0.2) is 5.82 Å². The summed E-state index contributed by atoms with van der Waals surface area (Å²) in [6.45, 7) is 5.03. The fourth-order valence-electron chi connectivity index (χ4n) is 3.04. The highest BCUT2D eigenvalue weighted by Crippen LogP contribution is 2.33. The quantitative estimate of drug-likeness (QED) is 0.847. The first-order valence-electron chi connectivity index (χ1n) is 8.87. The SMILES string of the molecule is CCN1C(=O)N(CC(=O)NCc2ccc(F)cc2)c2cccnc2N1CC. The van der Waals surface area contributed by atoms with E-state index in [4.69, 9.17) is 0 Å². The Morgan fingerprint density at radius 1 is 1.11 bits per heavy atom. The van der Waals surface area contributed by atoms with E-state index in [9.17, 15) is 14.0 Å². The van der Waals surface area contributed by atoms with Gasteiger partial charge in [-0.3, -0.25) is 14.7 Å². The zero-order valence-corrected chi connectivity index (χ0v) is 15.4. The zero-order valence-electron chi connectivity index (χ0n) is 15.4. The molecule has 0 bridgehead atoms. The van der Waals surface area contributed by atoms with E-state index in [-0.39, 0.29) is 30.8 Å². The van der Waals surface area contributed by atoms with Crippen LogP contribution in [0.15, 0.2) is 42.6 Å². The molecule has 8 heteroatoms. The molecule has 0 saturated carbocycles. The molecular formula is C19H22FN5O2. The third-order valence-corrected chi connectivity index (χ3v) is 4.35. The number of benzene rings is 1. The van der Waals surface area contributed by atoms with Crippen molar-refractivity contribution < 1.29 is 14.0 Å². The number of halogens is 1. The summed E-state index contributed by atoms with van der Waals surface area (Å²) >= 11 is 0. The molecule has 1 aliphatic rings. The van der Waals surface area contributed by atoms with E-state index < -0.39 is 0 Å². The minimum absolute atomic E-state index is 0.118. The van der Waals surface area contributed by atoms with Crippen molar-refractivity contribution in [1.29, 1.82) is 0 Å². The second kappa shape index (κ2) is 8.03. The van der Waals surface area contributed by atoms with Gasteiger partial charge in [-0.05, 0) is 43.7 Å². The molecule has 7 nitrogen and oxygen atoms in total. The zero-order chi connectivity index (χ0) is 19.4. The highest BCUT2D eigenvalue weighted by atomic mass is 19.1. The summed E-state index contributed by atoms with van der Waals surface area (Å²) in [4.78, 5) is 31.1. The van der Waals surface area contributed by atoms with Gasteiger partial charge in [0.1, 0.15) is 12.4 Å². The second-order valence-corrected chi connectivity index (χ2v) is 6.05. The maximum absolute atomic E-state index is 13.0. The molecule has 142 valence electrons. The monoisotopic (exact) mass is 371 g/mol. The Bertz CT molecular complexity index is 827. The van der Waals surface area contributed by atoms with Gasteiger partial charge in [0.25, 0.3) is 0 Å². The number of aromatic nitrogens is 1. The molecule has 0 saturated heterocycles. The van der Waals surface area contributed by atoms with Crippen LogP contribution in [-0.2, 0) is 11.3 Å². The Labute approximate surface area is 157 Å². The molecule has 0 atom stereocenters. The van der Waals surface area contributed by atoms with Crippen molar-refractivity contribution in [3.8, 4) is 0 Å². The number of carbonyl (C=O) groups is 2. The van der Waals surface area contributed by atoms with Gasteiger partial charge < -0.3 is 5.32 Å². The van der Waals surface area contributed by atoms with Gasteiger partial charge in [-0.2, -0.15) is 0 Å². The van der Waals surface area contributed by atoms with Gasteiger partial charge in [0, 0.05) is 25.8 Å². The predicted octanol–water partition coefficient (Wildman–Crippen LogP) is 2.54. The molecule has 3 amide bonds. The fraction of sp³-hybridized carbons (Fsp3) is 0.316. The number of fused-ring (bicyclic) bond motifs is 1. The van der Waals surface area contributed by atoms with Crippen LogP contribution >= 0.6 is 0 Å². The molecule has 1 N–H and O–H groups in total. The van der Waals surface area contributed by atoms with Gasteiger partial charge in [-0.15, -0.1) is 0 Å². The number of carbonyl (C=O) groups excluding carboxylic acids is 2. The van der Waals surface area contributed by atoms with Crippen LogP contribution in [0.4, 0.5) is 20.7 Å². The predicted molar refractivity (Wildman–Crippen MR) is 101 cm³/mol. The first-order valence-corrected chi connectivity index (χ1v) is 8.87. The summed E-state index contributed by atoms with van der Waals surface area (Å²) in [6.07, 6.45) is 1.66. The van der Waals surface area contributed by atoms with Gasteiger partial charge in [0.2, 0.25) is 5.91 Å². The number of nitrogens with zero attached hydrogens (tertiary/aromatic N) is 4. The van der Waals surface area contributed by atoms with Gasteiger partial charge in [-0.25, -0.2) is 19.2 Å². The van der Waals surface area contributed by atoms with Crippen LogP contribution in [0, 0.1) is 5.82 Å². The summed E-state index contributed by atoms with van der Waals surface area (Å²) in [7, 11) is 0. The van der Waals surface area contributed by atoms with E-state index in [0.29, 0.717) is 24.6 Å². The summed E-state index contributed by atoms with van der Waals surface area (Å²) in [5.41, 5.74) is 1.38. The second-order valence-electron chi connectivity index (χ2n) is 6.05. The Hall–Kier alpha value is -3.16. The van der Waals surface area contributed by atoms with Crippen LogP contribution in [0.3, 0.4) is 0 Å². The van der Waals surface area contributed by atoms with Crippen molar-refractivity contribution in [2.24, 2.45) is 0 Å². The normalized spacial score (nSPS) is 13.6. The Kier molecular flexibility index (Phi) is 5.54. The topological polar surface area (TPSA) is 68.8 Å². The number of anilines is 2. The average molecular weight is 371 g/mol. The van der Waals surface area contributed by atoms with Crippen molar-refractivity contribution in [2.45, 2.75) is 20.4 Å². The van der Waals surface area contributed by atoms with Crippen molar-refractivity contribution in [3.63, 3.8) is 0 Å². The molecule has 1 aromatic heterocycles. The Morgan fingerprint density at radius 3 is 2.48 bits per heavy atom. The van der Waals surface area contributed by atoms with Gasteiger partial charge >= 0.3 is 6.03 Å². The molecule has 1 aliphatic heterocycles. The fourth-order valence-corrected chi connectivity index (χ4v) is 3.04. The molecule has 0 fully saturated rings. The van der Waals surface area contributed by atoms with E-state index in [2.05, 4.69) is 10.3 Å². The Morgan fingerprint density at radius 2 is 1.81 bits per heavy atom. The van der Waals surface area contributed by atoms with E-state index in [0.717, 1.165) is 5.56 Å². The summed E-state index contributed by atoms with van der Waals surface area (Å²) < 4.78 is 13.0. The van der Waals surface area contributed by atoms with Crippen molar-refractivity contribution in [3.05, 3.63) is 54.0 Å². The van der Waals surface area contributed by atoms with Gasteiger partial charge in [0.05, 0.1) is 5.69 Å². The first-order chi connectivity index (χ1) is 13.0. The molecule has 2 heterocycles. The number of hydrogen-bond acceptors (Lipinski definition) is 4. The van der Waals surface area contributed by atoms with Crippen LogP contribution in [0.5, 0.6) is 0 Å². The largest absolute Gasteiger partial charge is 0.350 e. The van der Waals surface area contributed by atoms with Crippen molar-refractivity contribution >= 4 is 23.4 Å². The molecule has 3 rings (SSSR count). The van der Waals surface area contributed by atoms with Crippen LogP contribution < -0.4 is 15.2 Å². The van der Waals surface area contributed by atoms with Crippen molar-refractivity contribution in [2.75, 3.05) is 29.5 Å². The highest BCUT2D eigenvalue weighted by molar-refractivity contribution is 6.03. The summed E-state index contributed by atoms with van der Waals surface area (Å²) in [5, 5.41) is 6.15. The lowest BCUT2D eigenvalue weighted by molar-refractivity contribution is -0.119. The molecule has 0 radical (unpaired) electrons. The number of amides is 3. The maximum Gasteiger partial charge on any atom is 0.343 e. The molecule has 1 aromatic carbocycles. The third-order valence-electron chi connectivity index (χ3n) is 4.35. The molecular weight excluding hydrogens is 349 g/mol. The first kappa shape index (κ1) is 18.6. The number of hydrazine groups is 1. The van der Waals surface area contributed by atoms with E-state index in [1.807, 2.05) is 18.9 Å². The molecule has 27 heavy (non-hydrogen) atoms. The van der Waals surface area contributed by atoms with E-state index in [1.54, 1.807) is 35.5 Å². The molecule has 0 spiro atoms. The van der Waals surface area contributed by atoms with E-state index >= 15 is 0 Å². The van der Waals surface area contributed by atoms with Crippen LogP contribution in [0.1, 0.15) is 19.4 Å². The third kappa shape index (κ3) is 3.84. The van der Waals surface area contributed by atoms with Gasteiger partial charge in [-0.1, -0.05) is 12.1 Å². The lowest BCUT2D eigenvalue weighted by Crippen LogP contribution is -2.58. The number of urea groups is 1. The summed E-state index contributed by atoms with van der Waals surface area (Å²) in [5.74, 6) is 0.0181. The number of nitrogens with one attached hydrogen (secondary N) is 1. The highest BCUT2D eigenvalue weighted by Gasteiger charge is 2.36. The molecule has 0 aliphatic carbocycles. The standard InChI is InChI=1S/C19H22FN5O2/c1-3-24-18-16(6-5-11-21-18)23(19(27)25(24)4-2)13-17(26)22-12-14-7-9-15(20)10-8-14/h5-11H,3-4,12-13H2,1-2H3,(H,22,26). The number of hydrogen-bond donors (Lipinski definition) is 1. The summed E-state index contributed by atoms with van der Waals surface area (Å²) in [6, 6.07) is 9.16. The smallest absolute Gasteiger partial charge is 0.343 e. The molecule has 0 unspecified atom stereocenters. The van der Waals surface area contributed by atoms with Crippen LogP contribution in [0.2, 0.25) is 0 Å². The van der Waals surface area contributed by atoms with Crippen LogP contribution in [0.25, 0.3) is 0 Å². The minimum atomic E-state index is -0.326. The lowest BCUT2D eigenvalue weighted by Gasteiger charge is -2.43. The number of rotatable bonds is 6. The average Bonchev–Trinajstić information content (AvgIpc) is 2.69. The van der Waals surface area contributed by atoms with Crippen LogP contribution in [-0.4, -0.2) is 41.6 Å². The minimum Gasteiger partial charge on any atom is -0.350 e. The number of pyridine rings is 1. The van der Waals surface area contributed by atoms with Crippen molar-refractivity contribution in [1.82, 2.24) is 15.3 Å². The molecule has 2 aromatic rings. The lowest BCUT2D eigenvalue weighted by atomic mass is 10.2. The van der Waals surface area contributed by atoms with E-state index in [1.165, 1.54) is 17.0 Å². The Balaban J connectivity index is 1.75. The maximum atomic E-state index is 13.0.